The molecule has 0 spiro atoms. The fourth-order valence-electron chi connectivity index (χ4n) is 2.44. The van der Waals surface area contributed by atoms with Crippen LogP contribution in [0.1, 0.15) is 22.8 Å². The maximum absolute atomic E-state index is 13.3. The monoisotopic (exact) mass is 380 g/mol. The number of sulfonamides is 1. The highest BCUT2D eigenvalue weighted by Gasteiger charge is 2.24. The molecule has 8 heteroatoms. The molecule has 140 valence electrons. The molecular formula is C18H21FN2O4S. The molecule has 2 rings (SSSR count). The van der Waals surface area contributed by atoms with Gasteiger partial charge in [0, 0.05) is 20.1 Å². The summed E-state index contributed by atoms with van der Waals surface area (Å²) in [6.07, 6.45) is 0. The molecule has 2 aromatic rings. The van der Waals surface area contributed by atoms with Crippen LogP contribution in [0.25, 0.3) is 0 Å². The molecule has 0 unspecified atom stereocenters. The van der Waals surface area contributed by atoms with Gasteiger partial charge in [-0.05, 0) is 42.8 Å². The van der Waals surface area contributed by atoms with Gasteiger partial charge in [-0.2, -0.15) is 4.31 Å². The van der Waals surface area contributed by atoms with Crippen LogP contribution in [0.4, 0.5) is 4.39 Å². The second kappa shape index (κ2) is 8.29. The molecule has 0 aliphatic carbocycles. The number of methoxy groups -OCH3 is 1. The van der Waals surface area contributed by atoms with E-state index in [1.165, 1.54) is 50.6 Å². The molecule has 0 aliphatic heterocycles. The topological polar surface area (TPSA) is 75.7 Å². The minimum Gasteiger partial charge on any atom is -0.496 e. The molecule has 6 nitrogen and oxygen atoms in total. The molecule has 0 saturated carbocycles. The van der Waals surface area contributed by atoms with Crippen LogP contribution in [0.3, 0.4) is 0 Å². The molecular weight excluding hydrogens is 359 g/mol. The summed E-state index contributed by atoms with van der Waals surface area (Å²) in [5.74, 6) is -0.576. The van der Waals surface area contributed by atoms with Gasteiger partial charge in [0.2, 0.25) is 10.0 Å². The zero-order valence-corrected chi connectivity index (χ0v) is 15.6. The van der Waals surface area contributed by atoms with Gasteiger partial charge in [-0.25, -0.2) is 12.8 Å². The molecule has 1 N–H and O–H groups in total. The number of carbonyl (C=O) groups is 1. The third kappa shape index (κ3) is 4.39. The van der Waals surface area contributed by atoms with Gasteiger partial charge in [0.1, 0.15) is 11.6 Å². The van der Waals surface area contributed by atoms with Crippen molar-refractivity contribution < 1.29 is 22.3 Å². The highest BCUT2D eigenvalue weighted by molar-refractivity contribution is 7.89. The van der Waals surface area contributed by atoms with Crippen molar-refractivity contribution >= 4 is 15.9 Å². The minimum atomic E-state index is -3.87. The lowest BCUT2D eigenvalue weighted by molar-refractivity contribution is 0.0952. The van der Waals surface area contributed by atoms with Crippen LogP contribution in [0.2, 0.25) is 0 Å². The quantitative estimate of drug-likeness (QED) is 0.800. The maximum atomic E-state index is 13.3. The number of nitrogens with one attached hydrogen (secondary N) is 1. The van der Waals surface area contributed by atoms with Gasteiger partial charge in [0.15, 0.2) is 0 Å². The lowest BCUT2D eigenvalue weighted by atomic mass is 10.2. The van der Waals surface area contributed by atoms with E-state index < -0.39 is 21.7 Å². The van der Waals surface area contributed by atoms with E-state index in [0.29, 0.717) is 12.1 Å². The standard InChI is InChI=1S/C18H21FN2O4S/c1-4-20-18(22)16-11-15(8-9-17(16)25-3)26(23,24)21(2)12-13-6-5-7-14(19)10-13/h5-11H,4,12H2,1-3H3,(H,20,22). The average molecular weight is 380 g/mol. The Labute approximate surface area is 152 Å². The minimum absolute atomic E-state index is 0.00259. The Balaban J connectivity index is 2.35. The summed E-state index contributed by atoms with van der Waals surface area (Å²) in [6.45, 7) is 2.17. The molecule has 0 bridgehead atoms. The van der Waals surface area contributed by atoms with Crippen LogP contribution in [0, 0.1) is 5.82 Å². The molecule has 0 fully saturated rings. The van der Waals surface area contributed by atoms with Crippen LogP contribution in [-0.4, -0.2) is 39.3 Å². The van der Waals surface area contributed by atoms with Gasteiger partial charge < -0.3 is 10.1 Å². The fourth-order valence-corrected chi connectivity index (χ4v) is 3.62. The van der Waals surface area contributed by atoms with Crippen LogP contribution in [-0.2, 0) is 16.6 Å². The van der Waals surface area contributed by atoms with E-state index in [2.05, 4.69) is 5.32 Å². The van der Waals surface area contributed by atoms with Crippen molar-refractivity contribution in [1.82, 2.24) is 9.62 Å². The maximum Gasteiger partial charge on any atom is 0.255 e. The molecule has 0 saturated heterocycles. The normalized spacial score (nSPS) is 11.4. The van der Waals surface area contributed by atoms with Gasteiger partial charge in [-0.3, -0.25) is 4.79 Å². The first kappa shape index (κ1) is 19.9. The summed E-state index contributed by atoms with van der Waals surface area (Å²) >= 11 is 0. The third-order valence-electron chi connectivity index (χ3n) is 3.76. The van der Waals surface area contributed by atoms with Crippen molar-refractivity contribution in [2.24, 2.45) is 0 Å². The summed E-state index contributed by atoms with van der Waals surface area (Å²) in [7, 11) is -1.07. The lowest BCUT2D eigenvalue weighted by Crippen LogP contribution is -2.27. The van der Waals surface area contributed by atoms with Gasteiger partial charge >= 0.3 is 0 Å². The first-order chi connectivity index (χ1) is 12.3. The average Bonchev–Trinajstić information content (AvgIpc) is 2.61. The second-order valence-corrected chi connectivity index (χ2v) is 7.66. The Bertz CT molecular complexity index is 900. The summed E-state index contributed by atoms with van der Waals surface area (Å²) in [5, 5.41) is 2.62. The molecule has 0 aliphatic rings. The third-order valence-corrected chi connectivity index (χ3v) is 5.55. The highest BCUT2D eigenvalue weighted by Crippen LogP contribution is 2.25. The molecule has 0 aromatic heterocycles. The van der Waals surface area contributed by atoms with E-state index in [1.807, 2.05) is 0 Å². The number of ether oxygens (including phenoxy) is 1. The number of amides is 1. The summed E-state index contributed by atoms with van der Waals surface area (Å²) < 4.78 is 45.2. The Kier molecular flexibility index (Phi) is 6.33. The van der Waals surface area contributed by atoms with Crippen LogP contribution < -0.4 is 10.1 Å². The van der Waals surface area contributed by atoms with Gasteiger partial charge in [0.05, 0.1) is 17.6 Å². The second-order valence-electron chi connectivity index (χ2n) is 5.61. The molecule has 0 radical (unpaired) electrons. The number of benzene rings is 2. The van der Waals surface area contributed by atoms with Crippen LogP contribution in [0.5, 0.6) is 5.75 Å². The molecule has 0 heterocycles. The van der Waals surface area contributed by atoms with E-state index >= 15 is 0 Å². The summed E-state index contributed by atoms with van der Waals surface area (Å²) in [4.78, 5) is 12.1. The van der Waals surface area contributed by atoms with Crippen LogP contribution >= 0.6 is 0 Å². The largest absolute Gasteiger partial charge is 0.496 e. The van der Waals surface area contributed by atoms with E-state index in [9.17, 15) is 17.6 Å². The van der Waals surface area contributed by atoms with E-state index in [4.69, 9.17) is 4.74 Å². The van der Waals surface area contributed by atoms with E-state index in [0.717, 1.165) is 4.31 Å². The number of hydrogen-bond acceptors (Lipinski definition) is 4. The number of nitrogens with zero attached hydrogens (tertiary/aromatic N) is 1. The lowest BCUT2D eigenvalue weighted by Gasteiger charge is -2.18. The smallest absolute Gasteiger partial charge is 0.255 e. The Morgan fingerprint density at radius 2 is 1.96 bits per heavy atom. The van der Waals surface area contributed by atoms with Gasteiger partial charge in [-0.15, -0.1) is 0 Å². The first-order valence-corrected chi connectivity index (χ1v) is 9.40. The fraction of sp³-hybridized carbons (Fsp3) is 0.278. The molecule has 1 amide bonds. The van der Waals surface area contributed by atoms with Crippen molar-refractivity contribution in [1.29, 1.82) is 0 Å². The highest BCUT2D eigenvalue weighted by atomic mass is 32.2. The molecule has 26 heavy (non-hydrogen) atoms. The van der Waals surface area contributed by atoms with Crippen molar-refractivity contribution in [3.05, 3.63) is 59.4 Å². The van der Waals surface area contributed by atoms with Gasteiger partial charge in [-0.1, -0.05) is 12.1 Å². The zero-order chi connectivity index (χ0) is 19.3. The number of halogens is 1. The van der Waals surface area contributed by atoms with Crippen LogP contribution in [0.15, 0.2) is 47.4 Å². The van der Waals surface area contributed by atoms with E-state index in [1.54, 1.807) is 13.0 Å². The van der Waals surface area contributed by atoms with Crippen molar-refractivity contribution in [2.75, 3.05) is 20.7 Å². The Morgan fingerprint density at radius 3 is 2.58 bits per heavy atom. The predicted octanol–water partition coefficient (Wildman–Crippen LogP) is 2.40. The molecule has 2 aromatic carbocycles. The van der Waals surface area contributed by atoms with Crippen molar-refractivity contribution in [2.45, 2.75) is 18.4 Å². The van der Waals surface area contributed by atoms with E-state index in [-0.39, 0.29) is 22.8 Å². The first-order valence-electron chi connectivity index (χ1n) is 7.96. The van der Waals surface area contributed by atoms with Crippen molar-refractivity contribution in [3.8, 4) is 5.75 Å². The summed E-state index contributed by atoms with van der Waals surface area (Å²) in [5.41, 5.74) is 0.656. The zero-order valence-electron chi connectivity index (χ0n) is 14.8. The molecule has 0 atom stereocenters. The predicted molar refractivity (Wildman–Crippen MR) is 96.1 cm³/mol. The van der Waals surface area contributed by atoms with Gasteiger partial charge in [0.25, 0.3) is 5.91 Å². The number of rotatable bonds is 7. The summed E-state index contributed by atoms with van der Waals surface area (Å²) in [6, 6.07) is 9.82. The Hall–Kier alpha value is -2.45. The number of hydrogen-bond donors (Lipinski definition) is 1. The number of carbonyl (C=O) groups excluding carboxylic acids is 1. The SMILES string of the molecule is CCNC(=O)c1cc(S(=O)(=O)N(C)Cc2cccc(F)c2)ccc1OC. The Morgan fingerprint density at radius 1 is 1.23 bits per heavy atom. The van der Waals surface area contributed by atoms with Crippen molar-refractivity contribution in [3.63, 3.8) is 0 Å².